The molecule has 0 aromatic heterocycles. The van der Waals surface area contributed by atoms with E-state index in [9.17, 15) is 0 Å². The van der Waals surface area contributed by atoms with E-state index in [-0.39, 0.29) is 0 Å². The summed E-state index contributed by atoms with van der Waals surface area (Å²) in [6, 6.07) is 32.1. The number of benzene rings is 4. The number of rotatable bonds is 1. The number of hydrogen-bond donors (Lipinski definition) is 0. The highest BCUT2D eigenvalue weighted by molar-refractivity contribution is 7.12. The van der Waals surface area contributed by atoms with Gasteiger partial charge in [-0.15, -0.1) is 0 Å². The van der Waals surface area contributed by atoms with Crippen molar-refractivity contribution in [1.82, 2.24) is 0 Å². The van der Waals surface area contributed by atoms with Crippen molar-refractivity contribution in [2.45, 2.75) is 26.2 Å². The zero-order valence-corrected chi connectivity index (χ0v) is 19.1. The standard InChI is InChI=1S/C26H26Si2/c1-27(2)22-17-16-21(19-10-6-5-7-11-19)18-25(22)28(3,4)24-15-9-13-20-12-8-14-23(27)26(20)24/h5-18H,1-4H3. The van der Waals surface area contributed by atoms with Gasteiger partial charge in [0.25, 0.3) is 0 Å². The van der Waals surface area contributed by atoms with Crippen LogP contribution in [-0.2, 0) is 0 Å². The molecule has 2 heteroatoms. The molecule has 0 spiro atoms. The Labute approximate surface area is 169 Å². The molecule has 0 bridgehead atoms. The molecule has 138 valence electrons. The fourth-order valence-electron chi connectivity index (χ4n) is 5.09. The highest BCUT2D eigenvalue weighted by atomic mass is 28.3. The molecule has 5 rings (SSSR count). The van der Waals surface area contributed by atoms with E-state index >= 15 is 0 Å². The van der Waals surface area contributed by atoms with Gasteiger partial charge < -0.3 is 0 Å². The fourth-order valence-corrected chi connectivity index (χ4v) is 13.0. The normalized spacial score (nSPS) is 16.4. The van der Waals surface area contributed by atoms with Gasteiger partial charge in [-0.25, -0.2) is 0 Å². The van der Waals surface area contributed by atoms with Crippen LogP contribution >= 0.6 is 0 Å². The first-order valence-electron chi connectivity index (χ1n) is 10.1. The Balaban J connectivity index is 1.89. The molecule has 0 saturated heterocycles. The summed E-state index contributed by atoms with van der Waals surface area (Å²) in [4.78, 5) is 0. The minimum absolute atomic E-state index is 1.31. The quantitative estimate of drug-likeness (QED) is 0.418. The van der Waals surface area contributed by atoms with Crippen LogP contribution in [0.25, 0.3) is 21.9 Å². The van der Waals surface area contributed by atoms with E-state index in [2.05, 4.69) is 111 Å². The number of fused-ring (bicyclic) bond motifs is 1. The van der Waals surface area contributed by atoms with Crippen LogP contribution in [0.1, 0.15) is 0 Å². The van der Waals surface area contributed by atoms with Crippen LogP contribution in [0.2, 0.25) is 26.2 Å². The Morgan fingerprint density at radius 1 is 0.464 bits per heavy atom. The molecule has 0 N–H and O–H groups in total. The first-order valence-corrected chi connectivity index (χ1v) is 16.1. The van der Waals surface area contributed by atoms with Gasteiger partial charge in [0, 0.05) is 0 Å². The van der Waals surface area contributed by atoms with E-state index < -0.39 is 16.1 Å². The van der Waals surface area contributed by atoms with E-state index in [4.69, 9.17) is 0 Å². The van der Waals surface area contributed by atoms with Crippen LogP contribution in [0, 0.1) is 0 Å². The van der Waals surface area contributed by atoms with E-state index in [0.717, 1.165) is 0 Å². The van der Waals surface area contributed by atoms with E-state index in [1.54, 1.807) is 26.1 Å². The molecule has 4 aromatic rings. The molecule has 0 radical (unpaired) electrons. The average Bonchev–Trinajstić information content (AvgIpc) is 2.77. The van der Waals surface area contributed by atoms with Crippen molar-refractivity contribution in [3.63, 3.8) is 0 Å². The smallest absolute Gasteiger partial charge is 0.0622 e. The summed E-state index contributed by atoms with van der Waals surface area (Å²) in [5.74, 6) is 0. The average molecular weight is 395 g/mol. The third-order valence-corrected chi connectivity index (χ3v) is 14.0. The van der Waals surface area contributed by atoms with Crippen molar-refractivity contribution in [2.75, 3.05) is 0 Å². The van der Waals surface area contributed by atoms with Gasteiger partial charge in [0.1, 0.15) is 16.1 Å². The first-order chi connectivity index (χ1) is 13.4. The number of hydrogen-bond acceptors (Lipinski definition) is 0. The molecule has 0 saturated carbocycles. The predicted octanol–water partition coefficient (Wildman–Crippen LogP) is 4.47. The largest absolute Gasteiger partial charge is 0.112 e. The zero-order chi connectivity index (χ0) is 19.5. The molecule has 1 heterocycles. The van der Waals surface area contributed by atoms with Gasteiger partial charge in [-0.2, -0.15) is 0 Å². The lowest BCUT2D eigenvalue weighted by atomic mass is 10.1. The van der Waals surface area contributed by atoms with Crippen LogP contribution in [-0.4, -0.2) is 16.1 Å². The van der Waals surface area contributed by atoms with Gasteiger partial charge in [-0.05, 0) is 32.3 Å². The second-order valence-electron chi connectivity index (χ2n) is 9.09. The maximum atomic E-state index is 2.54. The fraction of sp³-hybridized carbons (Fsp3) is 0.154. The van der Waals surface area contributed by atoms with Gasteiger partial charge in [0.2, 0.25) is 0 Å². The summed E-state index contributed by atoms with van der Waals surface area (Å²) in [6.07, 6.45) is 0. The third-order valence-electron chi connectivity index (χ3n) is 6.72. The summed E-state index contributed by atoms with van der Waals surface area (Å²) in [7, 11) is -3.62. The highest BCUT2D eigenvalue weighted by Crippen LogP contribution is 2.24. The molecule has 28 heavy (non-hydrogen) atoms. The SMILES string of the molecule is C[Si]1(C)c2ccc(-c3ccccc3)cc2[Si](C)(C)c2cccc3cccc1c23. The van der Waals surface area contributed by atoms with Gasteiger partial charge in [0.05, 0.1) is 0 Å². The van der Waals surface area contributed by atoms with Crippen molar-refractivity contribution in [1.29, 1.82) is 0 Å². The van der Waals surface area contributed by atoms with Crippen LogP contribution < -0.4 is 20.7 Å². The zero-order valence-electron chi connectivity index (χ0n) is 17.1. The van der Waals surface area contributed by atoms with Crippen LogP contribution in [0.5, 0.6) is 0 Å². The molecule has 0 amide bonds. The topological polar surface area (TPSA) is 0 Å². The maximum absolute atomic E-state index is 2.54. The van der Waals surface area contributed by atoms with Crippen LogP contribution in [0.4, 0.5) is 0 Å². The van der Waals surface area contributed by atoms with Crippen molar-refractivity contribution in [3.05, 3.63) is 84.9 Å². The molecular weight excluding hydrogens is 368 g/mol. The van der Waals surface area contributed by atoms with Gasteiger partial charge >= 0.3 is 0 Å². The lowest BCUT2D eigenvalue weighted by Gasteiger charge is -2.29. The molecule has 0 fully saturated rings. The maximum Gasteiger partial charge on any atom is 0.112 e. The molecule has 0 nitrogen and oxygen atoms in total. The molecule has 4 aromatic carbocycles. The summed E-state index contributed by atoms with van der Waals surface area (Å²) in [5, 5.41) is 9.43. The Morgan fingerprint density at radius 3 is 1.71 bits per heavy atom. The van der Waals surface area contributed by atoms with Crippen molar-refractivity contribution >= 4 is 47.7 Å². The first kappa shape index (κ1) is 17.7. The minimum atomic E-state index is -1.83. The van der Waals surface area contributed by atoms with Gasteiger partial charge in [-0.1, -0.05) is 121 Å². The van der Waals surface area contributed by atoms with Crippen LogP contribution in [0.3, 0.4) is 0 Å². The van der Waals surface area contributed by atoms with E-state index in [1.165, 1.54) is 16.5 Å². The molecule has 1 aliphatic rings. The second kappa shape index (κ2) is 6.03. The van der Waals surface area contributed by atoms with E-state index in [1.807, 2.05) is 0 Å². The molecule has 0 unspecified atom stereocenters. The molecule has 0 aliphatic carbocycles. The Hall–Kier alpha value is -2.43. The monoisotopic (exact) mass is 394 g/mol. The van der Waals surface area contributed by atoms with Crippen molar-refractivity contribution < 1.29 is 0 Å². The highest BCUT2D eigenvalue weighted by Gasteiger charge is 2.41. The van der Waals surface area contributed by atoms with Crippen molar-refractivity contribution in [3.8, 4) is 11.1 Å². The van der Waals surface area contributed by atoms with Crippen molar-refractivity contribution in [2.24, 2.45) is 0 Å². The van der Waals surface area contributed by atoms with Crippen LogP contribution in [0.15, 0.2) is 84.9 Å². The summed E-state index contributed by atoms with van der Waals surface area (Å²) < 4.78 is 0. The predicted molar refractivity (Wildman–Crippen MR) is 129 cm³/mol. The summed E-state index contributed by atoms with van der Waals surface area (Å²) in [5.41, 5.74) is 2.66. The molecule has 1 aliphatic heterocycles. The molecular formula is C26H26Si2. The van der Waals surface area contributed by atoms with E-state index in [0.29, 0.717) is 0 Å². The Morgan fingerprint density at radius 2 is 1.07 bits per heavy atom. The second-order valence-corrected chi connectivity index (χ2v) is 17.7. The lowest BCUT2D eigenvalue weighted by molar-refractivity contribution is 1.63. The lowest BCUT2D eigenvalue weighted by Crippen LogP contribution is -2.63. The van der Waals surface area contributed by atoms with Gasteiger partial charge in [0.15, 0.2) is 0 Å². The third kappa shape index (κ3) is 2.41. The Kier molecular flexibility index (Phi) is 3.81. The molecule has 0 atom stereocenters. The minimum Gasteiger partial charge on any atom is -0.0622 e. The Bertz CT molecular complexity index is 1200. The van der Waals surface area contributed by atoms with Gasteiger partial charge in [-0.3, -0.25) is 0 Å². The summed E-state index contributed by atoms with van der Waals surface area (Å²) >= 11 is 0. The summed E-state index contributed by atoms with van der Waals surface area (Å²) in [6.45, 7) is 10.2.